The maximum Gasteiger partial charge on any atom is 0.306 e. The van der Waals surface area contributed by atoms with Crippen LogP contribution in [0.4, 0.5) is 0 Å². The summed E-state index contributed by atoms with van der Waals surface area (Å²) in [5.41, 5.74) is 1.85. The topological polar surface area (TPSA) is 63.6 Å². The van der Waals surface area contributed by atoms with Gasteiger partial charge in [-0.2, -0.15) is 0 Å². The molecule has 0 fully saturated rings. The molecule has 2 aromatic rings. The number of benzene rings is 1. The van der Waals surface area contributed by atoms with Crippen molar-refractivity contribution >= 4 is 33.2 Å². The summed E-state index contributed by atoms with van der Waals surface area (Å²) in [6.07, 6.45) is 1.83. The molecule has 1 aromatic carbocycles. The van der Waals surface area contributed by atoms with Gasteiger partial charge in [-0.3, -0.25) is 9.59 Å². The number of aliphatic hydroxyl groups excluding tert-OH is 1. The van der Waals surface area contributed by atoms with Crippen molar-refractivity contribution in [2.24, 2.45) is 0 Å². The molecule has 1 heterocycles. The molecule has 0 radical (unpaired) electrons. The molecule has 1 aromatic heterocycles. The van der Waals surface area contributed by atoms with Crippen molar-refractivity contribution in [2.75, 3.05) is 6.61 Å². The molecule has 0 saturated heterocycles. The number of fused-ring (bicyclic) bond motifs is 1. The third-order valence-electron chi connectivity index (χ3n) is 3.83. The second-order valence-corrected chi connectivity index (χ2v) is 8.35. The highest BCUT2D eigenvalue weighted by atomic mass is 32.1. The zero-order valence-corrected chi connectivity index (χ0v) is 16.2. The summed E-state index contributed by atoms with van der Waals surface area (Å²) in [5.74, 6) is -0.370. The van der Waals surface area contributed by atoms with Crippen molar-refractivity contribution in [1.29, 1.82) is 0 Å². The van der Waals surface area contributed by atoms with Crippen LogP contribution < -0.4 is 0 Å². The predicted octanol–water partition coefficient (Wildman–Crippen LogP) is 4.44. The first-order chi connectivity index (χ1) is 11.7. The van der Waals surface area contributed by atoms with E-state index >= 15 is 0 Å². The van der Waals surface area contributed by atoms with Gasteiger partial charge in [0.1, 0.15) is 5.60 Å². The van der Waals surface area contributed by atoms with Gasteiger partial charge in [-0.15, -0.1) is 11.3 Å². The van der Waals surface area contributed by atoms with Crippen molar-refractivity contribution in [3.05, 3.63) is 34.2 Å². The number of hydrogen-bond donors (Lipinski definition) is 1. The number of aryl methyl sites for hydroxylation is 2. The molecular weight excluding hydrogens is 336 g/mol. The van der Waals surface area contributed by atoms with Crippen LogP contribution in [0.3, 0.4) is 0 Å². The molecular formula is C20H26O4S. The van der Waals surface area contributed by atoms with E-state index in [-0.39, 0.29) is 31.2 Å². The average molecular weight is 362 g/mol. The largest absolute Gasteiger partial charge is 0.460 e. The SMILES string of the molecule is Cc1cc2cc(C(=O)CCC(=O)OC(C)(C)C)sc2cc1CCCO. The zero-order valence-electron chi connectivity index (χ0n) is 15.3. The summed E-state index contributed by atoms with van der Waals surface area (Å²) >= 11 is 1.46. The highest BCUT2D eigenvalue weighted by Gasteiger charge is 2.18. The molecule has 0 unspecified atom stereocenters. The molecule has 5 heteroatoms. The zero-order chi connectivity index (χ0) is 18.6. The summed E-state index contributed by atoms with van der Waals surface area (Å²) in [6.45, 7) is 7.67. The number of esters is 1. The highest BCUT2D eigenvalue weighted by Crippen LogP contribution is 2.30. The fourth-order valence-corrected chi connectivity index (χ4v) is 3.73. The third-order valence-corrected chi connectivity index (χ3v) is 4.97. The maximum absolute atomic E-state index is 12.4. The molecule has 0 bridgehead atoms. The van der Waals surface area contributed by atoms with Crippen molar-refractivity contribution in [1.82, 2.24) is 0 Å². The van der Waals surface area contributed by atoms with E-state index in [0.717, 1.165) is 22.9 Å². The Morgan fingerprint density at radius 1 is 1.16 bits per heavy atom. The second-order valence-electron chi connectivity index (χ2n) is 7.26. The molecule has 136 valence electrons. The summed E-state index contributed by atoms with van der Waals surface area (Å²) in [7, 11) is 0. The van der Waals surface area contributed by atoms with Gasteiger partial charge >= 0.3 is 5.97 Å². The Balaban J connectivity index is 2.07. The minimum absolute atomic E-state index is 0.0263. The molecule has 0 amide bonds. The minimum atomic E-state index is -0.528. The molecule has 0 aliphatic rings. The standard InChI is InChI=1S/C20H26O4S/c1-13-10-15-12-18(25-17(15)11-14(13)6-5-9-21)16(22)7-8-19(23)24-20(2,3)4/h10-12,21H,5-9H2,1-4H3. The van der Waals surface area contributed by atoms with Crippen LogP contribution in [0.1, 0.15) is 60.8 Å². The Labute approximate surface area is 152 Å². The monoisotopic (exact) mass is 362 g/mol. The number of ketones is 1. The number of ether oxygens (including phenoxy) is 1. The Morgan fingerprint density at radius 3 is 2.52 bits per heavy atom. The van der Waals surface area contributed by atoms with Crippen LogP contribution in [-0.2, 0) is 16.0 Å². The number of hydrogen-bond acceptors (Lipinski definition) is 5. The molecule has 1 N–H and O–H groups in total. The maximum atomic E-state index is 12.4. The van der Waals surface area contributed by atoms with Gasteiger partial charge in [-0.1, -0.05) is 6.07 Å². The fourth-order valence-electron chi connectivity index (χ4n) is 2.65. The third kappa shape index (κ3) is 5.65. The van der Waals surface area contributed by atoms with Gasteiger partial charge in [0, 0.05) is 17.7 Å². The Bertz CT molecular complexity index is 768. The van der Waals surface area contributed by atoms with Gasteiger partial charge in [-0.25, -0.2) is 0 Å². The van der Waals surface area contributed by atoms with E-state index in [1.54, 1.807) is 0 Å². The first kappa shape index (κ1) is 19.6. The molecule has 0 spiro atoms. The molecule has 0 aliphatic carbocycles. The molecule has 2 rings (SSSR count). The van der Waals surface area contributed by atoms with E-state index in [1.807, 2.05) is 33.8 Å². The molecule has 25 heavy (non-hydrogen) atoms. The molecule has 0 atom stereocenters. The Morgan fingerprint density at radius 2 is 1.88 bits per heavy atom. The lowest BCUT2D eigenvalue weighted by Crippen LogP contribution is -2.24. The van der Waals surface area contributed by atoms with E-state index in [4.69, 9.17) is 9.84 Å². The van der Waals surface area contributed by atoms with E-state index in [1.165, 1.54) is 22.5 Å². The van der Waals surface area contributed by atoms with Gasteiger partial charge in [0.2, 0.25) is 0 Å². The number of rotatable bonds is 7. The number of aliphatic hydroxyl groups is 1. The van der Waals surface area contributed by atoms with E-state index < -0.39 is 5.60 Å². The van der Waals surface area contributed by atoms with Crippen LogP contribution in [0.5, 0.6) is 0 Å². The van der Waals surface area contributed by atoms with Crippen LogP contribution in [0.25, 0.3) is 10.1 Å². The summed E-state index contributed by atoms with van der Waals surface area (Å²) in [4.78, 5) is 24.8. The van der Waals surface area contributed by atoms with Gasteiger partial charge in [0.15, 0.2) is 5.78 Å². The summed E-state index contributed by atoms with van der Waals surface area (Å²) in [6, 6.07) is 6.10. The number of thiophene rings is 1. The van der Waals surface area contributed by atoms with E-state index in [9.17, 15) is 9.59 Å². The number of carbonyl (C=O) groups is 2. The molecule has 4 nitrogen and oxygen atoms in total. The van der Waals surface area contributed by atoms with Crippen LogP contribution in [0.2, 0.25) is 0 Å². The first-order valence-electron chi connectivity index (χ1n) is 8.58. The first-order valence-corrected chi connectivity index (χ1v) is 9.40. The fraction of sp³-hybridized carbons (Fsp3) is 0.500. The van der Waals surface area contributed by atoms with Crippen molar-refractivity contribution in [2.45, 2.75) is 59.0 Å². The van der Waals surface area contributed by atoms with Gasteiger partial charge in [-0.05, 0) is 69.2 Å². The predicted molar refractivity (Wildman–Crippen MR) is 101 cm³/mol. The van der Waals surface area contributed by atoms with E-state index in [0.29, 0.717) is 4.88 Å². The van der Waals surface area contributed by atoms with Gasteiger partial charge < -0.3 is 9.84 Å². The van der Waals surface area contributed by atoms with Crippen LogP contribution in [0, 0.1) is 6.92 Å². The Hall–Kier alpha value is -1.72. The Kier molecular flexibility index (Phi) is 6.36. The van der Waals surface area contributed by atoms with Crippen LogP contribution >= 0.6 is 11.3 Å². The van der Waals surface area contributed by atoms with E-state index in [2.05, 4.69) is 12.1 Å². The van der Waals surface area contributed by atoms with Gasteiger partial charge in [0.25, 0.3) is 0 Å². The molecule has 0 aliphatic heterocycles. The average Bonchev–Trinajstić information content (AvgIpc) is 2.91. The molecule has 0 saturated carbocycles. The number of carbonyl (C=O) groups excluding carboxylic acids is 2. The van der Waals surface area contributed by atoms with Crippen molar-refractivity contribution in [3.63, 3.8) is 0 Å². The smallest absolute Gasteiger partial charge is 0.306 e. The lowest BCUT2D eigenvalue weighted by Gasteiger charge is -2.19. The second kappa shape index (κ2) is 8.11. The minimum Gasteiger partial charge on any atom is -0.460 e. The summed E-state index contributed by atoms with van der Waals surface area (Å²) in [5, 5.41) is 10.1. The van der Waals surface area contributed by atoms with Gasteiger partial charge in [0.05, 0.1) is 11.3 Å². The van der Waals surface area contributed by atoms with Crippen LogP contribution in [0.15, 0.2) is 18.2 Å². The van der Waals surface area contributed by atoms with Crippen molar-refractivity contribution in [3.8, 4) is 0 Å². The van der Waals surface area contributed by atoms with Crippen LogP contribution in [-0.4, -0.2) is 29.1 Å². The lowest BCUT2D eigenvalue weighted by atomic mass is 10.0. The quantitative estimate of drug-likeness (QED) is 0.584. The summed E-state index contributed by atoms with van der Waals surface area (Å²) < 4.78 is 6.31. The van der Waals surface area contributed by atoms with Crippen molar-refractivity contribution < 1.29 is 19.4 Å². The highest BCUT2D eigenvalue weighted by molar-refractivity contribution is 7.20. The lowest BCUT2D eigenvalue weighted by molar-refractivity contribution is -0.154. The number of Topliss-reactive ketones (excluding diaryl/α,β-unsaturated/α-hetero) is 1. The normalized spacial score (nSPS) is 11.7.